The minimum Gasteiger partial charge on any atom is -0.309 e. The molecule has 0 aromatic heterocycles. The fourth-order valence-electron chi connectivity index (χ4n) is 1.59. The van der Waals surface area contributed by atoms with E-state index < -0.39 is 10.1 Å². The van der Waals surface area contributed by atoms with Crippen LogP contribution in [0.1, 0.15) is 18.4 Å². The second-order valence-corrected chi connectivity index (χ2v) is 5.80. The SMILES string of the molecule is CN(C)CCCCc1ccc(S(=O)(=O)O)cc1. The standard InChI is InChI=1S/C12H19NO3S/c1-13(2)10-4-3-5-11-6-8-12(9-7-11)17(14,15)16/h6-9H,3-5,10H2,1-2H3,(H,14,15,16). The summed E-state index contributed by atoms with van der Waals surface area (Å²) in [5.41, 5.74) is 1.09. The molecule has 0 aliphatic carbocycles. The highest BCUT2D eigenvalue weighted by molar-refractivity contribution is 7.85. The van der Waals surface area contributed by atoms with Crippen molar-refractivity contribution in [3.05, 3.63) is 29.8 Å². The predicted octanol–water partition coefficient (Wildman–Crippen LogP) is 1.82. The van der Waals surface area contributed by atoms with Gasteiger partial charge in [-0.15, -0.1) is 0 Å². The summed E-state index contributed by atoms with van der Waals surface area (Å²) >= 11 is 0. The van der Waals surface area contributed by atoms with E-state index in [4.69, 9.17) is 4.55 Å². The number of rotatable bonds is 6. The predicted molar refractivity (Wildman–Crippen MR) is 67.7 cm³/mol. The van der Waals surface area contributed by atoms with E-state index in [0.717, 1.165) is 31.4 Å². The van der Waals surface area contributed by atoms with Crippen molar-refractivity contribution >= 4 is 10.1 Å². The Bertz CT molecular complexity index is 437. The molecule has 0 atom stereocenters. The molecule has 5 heteroatoms. The highest BCUT2D eigenvalue weighted by Gasteiger charge is 2.07. The van der Waals surface area contributed by atoms with Crippen molar-refractivity contribution in [2.45, 2.75) is 24.2 Å². The minimum absolute atomic E-state index is 0.0467. The van der Waals surface area contributed by atoms with E-state index in [1.165, 1.54) is 12.1 Å². The van der Waals surface area contributed by atoms with Crippen molar-refractivity contribution in [1.29, 1.82) is 0 Å². The zero-order valence-corrected chi connectivity index (χ0v) is 11.1. The van der Waals surface area contributed by atoms with Crippen molar-refractivity contribution in [2.24, 2.45) is 0 Å². The molecule has 0 heterocycles. The number of nitrogens with zero attached hydrogens (tertiary/aromatic N) is 1. The molecule has 0 bridgehead atoms. The van der Waals surface area contributed by atoms with Gasteiger partial charge in [0.15, 0.2) is 0 Å². The first-order chi connectivity index (χ1) is 7.89. The minimum atomic E-state index is -4.06. The maximum atomic E-state index is 10.8. The fraction of sp³-hybridized carbons (Fsp3) is 0.500. The summed E-state index contributed by atoms with van der Waals surface area (Å²) in [6.45, 7) is 1.06. The quantitative estimate of drug-likeness (QED) is 0.624. The number of unbranched alkanes of at least 4 members (excludes halogenated alkanes) is 1. The van der Waals surface area contributed by atoms with Crippen molar-refractivity contribution in [2.75, 3.05) is 20.6 Å². The molecule has 17 heavy (non-hydrogen) atoms. The second-order valence-electron chi connectivity index (χ2n) is 4.38. The normalized spacial score (nSPS) is 12.0. The third-order valence-corrected chi connectivity index (χ3v) is 3.41. The first-order valence-corrected chi connectivity index (χ1v) is 7.05. The number of aryl methyl sites for hydroxylation is 1. The molecule has 0 saturated heterocycles. The Balaban J connectivity index is 2.46. The third-order valence-electron chi connectivity index (χ3n) is 2.54. The van der Waals surface area contributed by atoms with E-state index in [9.17, 15) is 8.42 Å². The molecule has 1 rings (SSSR count). The molecule has 1 N–H and O–H groups in total. The van der Waals surface area contributed by atoms with Crippen LogP contribution in [-0.2, 0) is 16.5 Å². The van der Waals surface area contributed by atoms with Crippen LogP contribution < -0.4 is 0 Å². The van der Waals surface area contributed by atoms with Crippen LogP contribution >= 0.6 is 0 Å². The van der Waals surface area contributed by atoms with Crippen LogP contribution in [0.2, 0.25) is 0 Å². The van der Waals surface area contributed by atoms with Crippen molar-refractivity contribution < 1.29 is 13.0 Å². The van der Waals surface area contributed by atoms with Gasteiger partial charge in [-0.3, -0.25) is 4.55 Å². The summed E-state index contributed by atoms with van der Waals surface area (Å²) in [5, 5.41) is 0. The fourth-order valence-corrected chi connectivity index (χ4v) is 2.07. The maximum absolute atomic E-state index is 10.8. The van der Waals surface area contributed by atoms with Crippen molar-refractivity contribution in [3.8, 4) is 0 Å². The third kappa shape index (κ3) is 5.30. The first-order valence-electron chi connectivity index (χ1n) is 5.61. The smallest absolute Gasteiger partial charge is 0.294 e. The van der Waals surface area contributed by atoms with Gasteiger partial charge in [-0.1, -0.05) is 12.1 Å². The molecule has 0 saturated carbocycles. The van der Waals surface area contributed by atoms with Gasteiger partial charge in [-0.25, -0.2) is 0 Å². The molecule has 4 nitrogen and oxygen atoms in total. The van der Waals surface area contributed by atoms with E-state index in [1.54, 1.807) is 12.1 Å². The molecule has 0 unspecified atom stereocenters. The molecule has 0 aliphatic heterocycles. The first kappa shape index (κ1) is 14.2. The summed E-state index contributed by atoms with van der Waals surface area (Å²) in [7, 11) is 0.0225. The summed E-state index contributed by atoms with van der Waals surface area (Å²) in [4.78, 5) is 2.09. The van der Waals surface area contributed by atoms with Crippen LogP contribution in [0.5, 0.6) is 0 Å². The van der Waals surface area contributed by atoms with Gasteiger partial charge in [-0.05, 0) is 57.6 Å². The molecular weight excluding hydrogens is 238 g/mol. The zero-order valence-electron chi connectivity index (χ0n) is 10.3. The van der Waals surface area contributed by atoms with Crippen LogP contribution in [0, 0.1) is 0 Å². The van der Waals surface area contributed by atoms with Crippen LogP contribution in [-0.4, -0.2) is 38.5 Å². The summed E-state index contributed by atoms with van der Waals surface area (Å²) in [6.07, 6.45) is 3.12. The molecule has 0 radical (unpaired) electrons. The van der Waals surface area contributed by atoms with Crippen molar-refractivity contribution in [3.63, 3.8) is 0 Å². The molecule has 0 spiro atoms. The zero-order chi connectivity index (χ0) is 12.9. The summed E-state index contributed by atoms with van der Waals surface area (Å²) < 4.78 is 30.5. The monoisotopic (exact) mass is 257 g/mol. The Kier molecular flexibility index (Phi) is 5.11. The van der Waals surface area contributed by atoms with E-state index in [2.05, 4.69) is 4.90 Å². The van der Waals surface area contributed by atoms with Gasteiger partial charge in [0.2, 0.25) is 0 Å². The van der Waals surface area contributed by atoms with Gasteiger partial charge < -0.3 is 4.90 Å². The lowest BCUT2D eigenvalue weighted by molar-refractivity contribution is 0.394. The average molecular weight is 257 g/mol. The largest absolute Gasteiger partial charge is 0.309 e. The lowest BCUT2D eigenvalue weighted by atomic mass is 10.1. The Labute approximate surface area is 103 Å². The molecule has 1 aromatic carbocycles. The Morgan fingerprint density at radius 2 is 1.71 bits per heavy atom. The molecular formula is C12H19NO3S. The van der Waals surface area contributed by atoms with Gasteiger partial charge in [0.25, 0.3) is 10.1 Å². The topological polar surface area (TPSA) is 57.6 Å². The van der Waals surface area contributed by atoms with Gasteiger partial charge in [-0.2, -0.15) is 8.42 Å². The lowest BCUT2D eigenvalue weighted by Crippen LogP contribution is -2.12. The highest BCUT2D eigenvalue weighted by Crippen LogP contribution is 2.12. The van der Waals surface area contributed by atoms with Gasteiger partial charge in [0, 0.05) is 0 Å². The summed E-state index contributed by atoms with van der Waals surface area (Å²) in [6, 6.07) is 6.38. The Hall–Kier alpha value is -0.910. The van der Waals surface area contributed by atoms with Crippen LogP contribution in [0.4, 0.5) is 0 Å². The molecule has 96 valence electrons. The van der Waals surface area contributed by atoms with E-state index in [-0.39, 0.29) is 4.90 Å². The average Bonchev–Trinajstić information content (AvgIpc) is 2.23. The van der Waals surface area contributed by atoms with E-state index in [0.29, 0.717) is 0 Å². The highest BCUT2D eigenvalue weighted by atomic mass is 32.2. The van der Waals surface area contributed by atoms with Crippen LogP contribution in [0.25, 0.3) is 0 Å². The summed E-state index contributed by atoms with van der Waals surface area (Å²) in [5.74, 6) is 0. The number of hydrogen-bond donors (Lipinski definition) is 1. The Morgan fingerprint density at radius 3 is 2.18 bits per heavy atom. The van der Waals surface area contributed by atoms with Gasteiger partial charge in [0.1, 0.15) is 0 Å². The lowest BCUT2D eigenvalue weighted by Gasteiger charge is -2.08. The van der Waals surface area contributed by atoms with Crippen molar-refractivity contribution in [1.82, 2.24) is 4.90 Å². The Morgan fingerprint density at radius 1 is 1.12 bits per heavy atom. The van der Waals surface area contributed by atoms with Gasteiger partial charge >= 0.3 is 0 Å². The van der Waals surface area contributed by atoms with Gasteiger partial charge in [0.05, 0.1) is 4.90 Å². The second kappa shape index (κ2) is 6.14. The molecule has 1 aromatic rings. The maximum Gasteiger partial charge on any atom is 0.294 e. The number of benzene rings is 1. The van der Waals surface area contributed by atoms with E-state index >= 15 is 0 Å². The van der Waals surface area contributed by atoms with Crippen LogP contribution in [0.3, 0.4) is 0 Å². The van der Waals surface area contributed by atoms with E-state index in [1.807, 2.05) is 14.1 Å². The molecule has 0 aliphatic rings. The van der Waals surface area contributed by atoms with Crippen LogP contribution in [0.15, 0.2) is 29.2 Å². The number of hydrogen-bond acceptors (Lipinski definition) is 3. The molecule has 0 amide bonds. The molecule has 0 fully saturated rings.